The van der Waals surface area contributed by atoms with Crippen molar-refractivity contribution >= 4 is 0 Å². The van der Waals surface area contributed by atoms with Crippen LogP contribution >= 0.6 is 0 Å². The maximum Gasteiger partial charge on any atom is 0.0597 e. The van der Waals surface area contributed by atoms with Crippen molar-refractivity contribution in [1.82, 2.24) is 10.2 Å². The normalized spacial score (nSPS) is 38.5. The molecule has 0 spiro atoms. The van der Waals surface area contributed by atoms with Gasteiger partial charge in [0.15, 0.2) is 0 Å². The van der Waals surface area contributed by atoms with Crippen LogP contribution in [-0.4, -0.2) is 49.8 Å². The van der Waals surface area contributed by atoms with E-state index in [1.165, 1.54) is 58.2 Å². The van der Waals surface area contributed by atoms with Crippen LogP contribution in [0.4, 0.5) is 0 Å². The molecule has 3 heteroatoms. The maximum atomic E-state index is 6.08. The average Bonchev–Trinajstić information content (AvgIpc) is 2.98. The minimum absolute atomic E-state index is 0.554. The molecule has 98 valence electrons. The molecule has 0 radical (unpaired) electrons. The first-order valence-corrected chi connectivity index (χ1v) is 7.49. The third kappa shape index (κ3) is 3.01. The van der Waals surface area contributed by atoms with Crippen molar-refractivity contribution in [2.24, 2.45) is 5.92 Å². The molecule has 2 heterocycles. The number of nitrogens with one attached hydrogen (secondary N) is 1. The van der Waals surface area contributed by atoms with Gasteiger partial charge in [0.1, 0.15) is 0 Å². The van der Waals surface area contributed by atoms with Crippen molar-refractivity contribution in [3.05, 3.63) is 0 Å². The largest absolute Gasteiger partial charge is 0.377 e. The van der Waals surface area contributed by atoms with Crippen molar-refractivity contribution in [2.45, 2.75) is 50.7 Å². The maximum absolute atomic E-state index is 6.08. The summed E-state index contributed by atoms with van der Waals surface area (Å²) in [7, 11) is 0. The first-order chi connectivity index (χ1) is 8.42. The smallest absolute Gasteiger partial charge is 0.0597 e. The van der Waals surface area contributed by atoms with Gasteiger partial charge < -0.3 is 15.0 Å². The molecule has 2 aliphatic heterocycles. The van der Waals surface area contributed by atoms with E-state index >= 15 is 0 Å². The van der Waals surface area contributed by atoms with Crippen molar-refractivity contribution in [1.29, 1.82) is 0 Å². The van der Waals surface area contributed by atoms with Gasteiger partial charge in [-0.3, -0.25) is 0 Å². The number of ether oxygens (including phenoxy) is 1. The lowest BCUT2D eigenvalue weighted by Gasteiger charge is -2.31. The molecule has 17 heavy (non-hydrogen) atoms. The van der Waals surface area contributed by atoms with Crippen LogP contribution in [0.25, 0.3) is 0 Å². The number of nitrogens with zero attached hydrogens (tertiary/aromatic N) is 1. The minimum atomic E-state index is 0.554. The summed E-state index contributed by atoms with van der Waals surface area (Å²) in [4.78, 5) is 2.54. The zero-order chi connectivity index (χ0) is 11.5. The Morgan fingerprint density at radius 1 is 1.12 bits per heavy atom. The minimum Gasteiger partial charge on any atom is -0.377 e. The molecule has 0 bridgehead atoms. The van der Waals surface area contributed by atoms with Crippen LogP contribution < -0.4 is 5.32 Å². The van der Waals surface area contributed by atoms with Gasteiger partial charge in [-0.15, -0.1) is 0 Å². The zero-order valence-corrected chi connectivity index (χ0v) is 10.9. The lowest BCUT2D eigenvalue weighted by atomic mass is 9.84. The summed E-state index contributed by atoms with van der Waals surface area (Å²) >= 11 is 0. The lowest BCUT2D eigenvalue weighted by molar-refractivity contribution is 0.00246. The summed E-state index contributed by atoms with van der Waals surface area (Å²) in [6, 6.07) is 0.813. The highest BCUT2D eigenvalue weighted by Crippen LogP contribution is 2.32. The Bertz CT molecular complexity index is 240. The van der Waals surface area contributed by atoms with Gasteiger partial charge in [0.05, 0.1) is 12.7 Å². The van der Waals surface area contributed by atoms with Gasteiger partial charge in [-0.1, -0.05) is 0 Å². The Hall–Kier alpha value is -0.120. The summed E-state index contributed by atoms with van der Waals surface area (Å²) in [5.41, 5.74) is 0. The molecule has 3 atom stereocenters. The molecule has 0 aromatic rings. The number of hydrogen-bond donors (Lipinski definition) is 1. The van der Waals surface area contributed by atoms with Gasteiger partial charge >= 0.3 is 0 Å². The van der Waals surface area contributed by atoms with E-state index in [9.17, 15) is 0 Å². The lowest BCUT2D eigenvalue weighted by Crippen LogP contribution is -2.36. The molecule has 0 aromatic heterocycles. The van der Waals surface area contributed by atoms with E-state index in [1.807, 2.05) is 0 Å². The van der Waals surface area contributed by atoms with Gasteiger partial charge in [-0.05, 0) is 64.1 Å². The van der Waals surface area contributed by atoms with Crippen molar-refractivity contribution < 1.29 is 4.74 Å². The molecule has 1 N–H and O–H groups in total. The van der Waals surface area contributed by atoms with Crippen LogP contribution in [0.3, 0.4) is 0 Å². The van der Waals surface area contributed by atoms with E-state index in [4.69, 9.17) is 4.74 Å². The van der Waals surface area contributed by atoms with Crippen LogP contribution in [0, 0.1) is 5.92 Å². The summed E-state index contributed by atoms with van der Waals surface area (Å²) < 4.78 is 6.08. The topological polar surface area (TPSA) is 24.5 Å². The predicted octanol–water partition coefficient (Wildman–Crippen LogP) is 1.63. The Morgan fingerprint density at radius 3 is 2.88 bits per heavy atom. The second-order valence-electron chi connectivity index (χ2n) is 5.96. The fourth-order valence-corrected chi connectivity index (χ4v) is 3.77. The predicted molar refractivity (Wildman–Crippen MR) is 69.2 cm³/mol. The van der Waals surface area contributed by atoms with E-state index in [2.05, 4.69) is 10.2 Å². The Balaban J connectivity index is 1.34. The van der Waals surface area contributed by atoms with E-state index in [-0.39, 0.29) is 0 Å². The van der Waals surface area contributed by atoms with Gasteiger partial charge in [-0.2, -0.15) is 0 Å². The molecule has 3 unspecified atom stereocenters. The number of hydrogen-bond acceptors (Lipinski definition) is 3. The second kappa shape index (κ2) is 5.68. The molecule has 3 nitrogen and oxygen atoms in total. The molecule has 3 rings (SSSR count). The first kappa shape index (κ1) is 11.9. The zero-order valence-electron chi connectivity index (χ0n) is 10.9. The van der Waals surface area contributed by atoms with E-state index in [0.717, 1.165) is 25.1 Å². The SMILES string of the molecule is C1CCN(CCOC2CCC3NCCC3C2)C1. The Labute approximate surface area is 105 Å². The molecule has 2 saturated heterocycles. The van der Waals surface area contributed by atoms with Crippen LogP contribution in [0.15, 0.2) is 0 Å². The summed E-state index contributed by atoms with van der Waals surface area (Å²) in [5.74, 6) is 0.903. The Morgan fingerprint density at radius 2 is 2.00 bits per heavy atom. The molecular weight excluding hydrogens is 212 g/mol. The second-order valence-corrected chi connectivity index (χ2v) is 5.96. The summed E-state index contributed by atoms with van der Waals surface area (Å²) in [5, 5.41) is 3.62. The third-order valence-electron chi connectivity index (χ3n) is 4.82. The van der Waals surface area contributed by atoms with Crippen LogP contribution in [0.5, 0.6) is 0 Å². The average molecular weight is 238 g/mol. The molecule has 1 aliphatic carbocycles. The van der Waals surface area contributed by atoms with Gasteiger partial charge in [0, 0.05) is 12.6 Å². The van der Waals surface area contributed by atoms with Crippen molar-refractivity contribution in [3.63, 3.8) is 0 Å². The molecule has 3 fully saturated rings. The number of fused-ring (bicyclic) bond motifs is 1. The number of likely N-dealkylation sites (tertiary alicyclic amines) is 1. The Kier molecular flexibility index (Phi) is 3.99. The van der Waals surface area contributed by atoms with E-state index in [1.54, 1.807) is 0 Å². The highest BCUT2D eigenvalue weighted by Gasteiger charge is 2.33. The molecular formula is C14H26N2O. The molecule has 1 saturated carbocycles. The third-order valence-corrected chi connectivity index (χ3v) is 4.82. The first-order valence-electron chi connectivity index (χ1n) is 7.49. The summed E-state index contributed by atoms with van der Waals surface area (Å²) in [6.07, 6.45) is 8.61. The van der Waals surface area contributed by atoms with Gasteiger partial charge in [-0.25, -0.2) is 0 Å². The molecule has 3 aliphatic rings. The van der Waals surface area contributed by atoms with Crippen LogP contribution in [-0.2, 0) is 4.74 Å². The standard InChI is InChI=1S/C14H26N2O/c1-2-8-16(7-1)9-10-17-13-3-4-14-12(11-13)5-6-15-14/h12-15H,1-11H2. The highest BCUT2D eigenvalue weighted by atomic mass is 16.5. The van der Waals surface area contributed by atoms with Crippen LogP contribution in [0.2, 0.25) is 0 Å². The summed E-state index contributed by atoms with van der Waals surface area (Å²) in [6.45, 7) is 5.93. The molecule has 0 amide bonds. The monoisotopic (exact) mass is 238 g/mol. The van der Waals surface area contributed by atoms with Gasteiger partial charge in [0.2, 0.25) is 0 Å². The van der Waals surface area contributed by atoms with E-state index < -0.39 is 0 Å². The molecule has 0 aromatic carbocycles. The fourth-order valence-electron chi connectivity index (χ4n) is 3.77. The fraction of sp³-hybridized carbons (Fsp3) is 1.00. The number of rotatable bonds is 4. The highest BCUT2D eigenvalue weighted by molar-refractivity contribution is 4.90. The van der Waals surface area contributed by atoms with Crippen molar-refractivity contribution in [2.75, 3.05) is 32.8 Å². The van der Waals surface area contributed by atoms with Crippen LogP contribution in [0.1, 0.15) is 38.5 Å². The van der Waals surface area contributed by atoms with Gasteiger partial charge in [0.25, 0.3) is 0 Å². The van der Waals surface area contributed by atoms with E-state index in [0.29, 0.717) is 6.10 Å². The van der Waals surface area contributed by atoms with Crippen molar-refractivity contribution in [3.8, 4) is 0 Å². The quantitative estimate of drug-likeness (QED) is 0.805.